The van der Waals surface area contributed by atoms with Gasteiger partial charge in [-0.3, -0.25) is 9.59 Å². The predicted molar refractivity (Wildman–Crippen MR) is 85.5 cm³/mol. The lowest BCUT2D eigenvalue weighted by Gasteiger charge is -2.35. The Bertz CT molecular complexity index is 596. The molecule has 5 heteroatoms. The summed E-state index contributed by atoms with van der Waals surface area (Å²) in [4.78, 5) is 25.8. The van der Waals surface area contributed by atoms with Crippen molar-refractivity contribution >= 4 is 11.9 Å². The van der Waals surface area contributed by atoms with Crippen LogP contribution in [-0.2, 0) is 4.79 Å². The van der Waals surface area contributed by atoms with Gasteiger partial charge >= 0.3 is 5.97 Å². The highest BCUT2D eigenvalue weighted by atomic mass is 16.5. The number of rotatable bonds is 5. The summed E-state index contributed by atoms with van der Waals surface area (Å²) in [6.07, 6.45) is 3.01. The molecular formula is C18H23NO4. The van der Waals surface area contributed by atoms with E-state index in [2.05, 4.69) is 0 Å². The van der Waals surface area contributed by atoms with Crippen LogP contribution in [0.15, 0.2) is 24.3 Å². The van der Waals surface area contributed by atoms with E-state index in [1.54, 1.807) is 11.0 Å². The van der Waals surface area contributed by atoms with Crippen LogP contribution in [0, 0.1) is 17.8 Å². The molecule has 0 radical (unpaired) electrons. The van der Waals surface area contributed by atoms with Crippen molar-refractivity contribution in [3.63, 3.8) is 0 Å². The van der Waals surface area contributed by atoms with E-state index in [1.807, 2.05) is 25.1 Å². The molecular weight excluding hydrogens is 294 g/mol. The number of ether oxygens (including phenoxy) is 1. The van der Waals surface area contributed by atoms with Crippen molar-refractivity contribution in [1.82, 2.24) is 4.90 Å². The summed E-state index contributed by atoms with van der Waals surface area (Å²) in [6.45, 7) is 3.51. The maximum absolute atomic E-state index is 12.8. The molecule has 2 aliphatic rings. The van der Waals surface area contributed by atoms with Gasteiger partial charge in [0.25, 0.3) is 5.91 Å². The number of amides is 1. The fraction of sp³-hybridized carbons (Fsp3) is 0.556. The number of aliphatic carboxylic acids is 1. The van der Waals surface area contributed by atoms with Crippen LogP contribution in [0.4, 0.5) is 0 Å². The molecule has 23 heavy (non-hydrogen) atoms. The minimum atomic E-state index is -0.826. The SMILES string of the molecule is CC1CC(C(=O)O)CN(C(=O)c2ccccc2OCC2CC2)C1. The van der Waals surface area contributed by atoms with Crippen LogP contribution in [-0.4, -0.2) is 41.6 Å². The second-order valence-corrected chi connectivity index (χ2v) is 6.84. The number of carbonyl (C=O) groups is 2. The zero-order chi connectivity index (χ0) is 16.4. The quantitative estimate of drug-likeness (QED) is 0.906. The van der Waals surface area contributed by atoms with Gasteiger partial charge in [0.2, 0.25) is 0 Å². The smallest absolute Gasteiger partial charge is 0.308 e. The normalized spacial score (nSPS) is 24.3. The van der Waals surface area contributed by atoms with Crippen molar-refractivity contribution in [2.45, 2.75) is 26.2 Å². The van der Waals surface area contributed by atoms with Crippen LogP contribution >= 0.6 is 0 Å². The largest absolute Gasteiger partial charge is 0.492 e. The molecule has 0 spiro atoms. The first kappa shape index (κ1) is 15.8. The maximum Gasteiger partial charge on any atom is 0.308 e. The number of piperidine rings is 1. The van der Waals surface area contributed by atoms with E-state index in [0.29, 0.717) is 36.8 Å². The summed E-state index contributed by atoms with van der Waals surface area (Å²) >= 11 is 0. The van der Waals surface area contributed by atoms with Gasteiger partial charge in [0.1, 0.15) is 5.75 Å². The third-order valence-corrected chi connectivity index (χ3v) is 4.59. The average Bonchev–Trinajstić information content (AvgIpc) is 3.36. The number of carbonyl (C=O) groups excluding carboxylic acids is 1. The van der Waals surface area contributed by atoms with Crippen LogP contribution in [0.5, 0.6) is 5.75 Å². The van der Waals surface area contributed by atoms with Crippen molar-refractivity contribution in [2.24, 2.45) is 17.8 Å². The van der Waals surface area contributed by atoms with Crippen molar-refractivity contribution in [3.8, 4) is 5.75 Å². The van der Waals surface area contributed by atoms with E-state index in [9.17, 15) is 14.7 Å². The number of hydrogen-bond donors (Lipinski definition) is 1. The predicted octanol–water partition coefficient (Wildman–Crippen LogP) is 2.66. The second-order valence-electron chi connectivity index (χ2n) is 6.84. The van der Waals surface area contributed by atoms with Gasteiger partial charge in [-0.1, -0.05) is 19.1 Å². The molecule has 0 bridgehead atoms. The molecule has 1 aromatic carbocycles. The number of para-hydroxylation sites is 1. The highest BCUT2D eigenvalue weighted by Gasteiger charge is 2.33. The Balaban J connectivity index is 1.74. The van der Waals surface area contributed by atoms with Crippen molar-refractivity contribution in [3.05, 3.63) is 29.8 Å². The fourth-order valence-electron chi connectivity index (χ4n) is 3.13. The number of carboxylic acids is 1. The van der Waals surface area contributed by atoms with Crippen molar-refractivity contribution in [1.29, 1.82) is 0 Å². The average molecular weight is 317 g/mol. The van der Waals surface area contributed by atoms with Gasteiger partial charge in [0, 0.05) is 13.1 Å². The van der Waals surface area contributed by atoms with Gasteiger partial charge in [0.15, 0.2) is 0 Å². The molecule has 2 fully saturated rings. The van der Waals surface area contributed by atoms with Gasteiger partial charge in [-0.15, -0.1) is 0 Å². The Hall–Kier alpha value is -2.04. The number of nitrogens with zero attached hydrogens (tertiary/aromatic N) is 1. The number of benzene rings is 1. The summed E-state index contributed by atoms with van der Waals surface area (Å²) in [5.41, 5.74) is 0.534. The lowest BCUT2D eigenvalue weighted by molar-refractivity contribution is -0.143. The van der Waals surface area contributed by atoms with Gasteiger partial charge in [0.05, 0.1) is 18.1 Å². The molecule has 5 nitrogen and oxygen atoms in total. The zero-order valence-electron chi connectivity index (χ0n) is 13.4. The second kappa shape index (κ2) is 6.60. The Morgan fingerprint density at radius 2 is 2.00 bits per heavy atom. The first-order valence-corrected chi connectivity index (χ1v) is 8.28. The molecule has 1 amide bonds. The van der Waals surface area contributed by atoms with Crippen LogP contribution in [0.2, 0.25) is 0 Å². The summed E-state index contributed by atoms with van der Waals surface area (Å²) < 4.78 is 5.81. The van der Waals surface area contributed by atoms with E-state index in [4.69, 9.17) is 4.74 Å². The van der Waals surface area contributed by atoms with Crippen LogP contribution in [0.3, 0.4) is 0 Å². The molecule has 0 aromatic heterocycles. The zero-order valence-corrected chi connectivity index (χ0v) is 13.4. The molecule has 1 aliphatic carbocycles. The fourth-order valence-corrected chi connectivity index (χ4v) is 3.13. The monoisotopic (exact) mass is 317 g/mol. The summed E-state index contributed by atoms with van der Waals surface area (Å²) in [7, 11) is 0. The number of likely N-dealkylation sites (tertiary alicyclic amines) is 1. The molecule has 3 rings (SSSR count). The van der Waals surface area contributed by atoms with Crippen molar-refractivity contribution in [2.75, 3.05) is 19.7 Å². The molecule has 2 atom stereocenters. The van der Waals surface area contributed by atoms with Gasteiger partial charge in [-0.2, -0.15) is 0 Å². The number of carboxylic acid groups (broad SMARTS) is 1. The van der Waals surface area contributed by atoms with Crippen LogP contribution < -0.4 is 4.74 Å². The van der Waals surface area contributed by atoms with E-state index in [1.165, 1.54) is 12.8 Å². The third kappa shape index (κ3) is 3.84. The first-order valence-electron chi connectivity index (χ1n) is 8.28. The van der Waals surface area contributed by atoms with E-state index in [0.717, 1.165) is 0 Å². The molecule has 1 saturated heterocycles. The minimum Gasteiger partial charge on any atom is -0.492 e. The lowest BCUT2D eigenvalue weighted by atomic mass is 9.90. The molecule has 2 unspecified atom stereocenters. The highest BCUT2D eigenvalue weighted by Crippen LogP contribution is 2.31. The van der Waals surface area contributed by atoms with Gasteiger partial charge in [-0.25, -0.2) is 0 Å². The van der Waals surface area contributed by atoms with Gasteiger partial charge < -0.3 is 14.7 Å². The van der Waals surface area contributed by atoms with Gasteiger partial charge in [-0.05, 0) is 43.2 Å². The standard InChI is InChI=1S/C18H23NO4/c1-12-8-14(18(21)22)10-19(9-12)17(20)15-4-2-3-5-16(15)23-11-13-6-7-13/h2-5,12-14H,6-11H2,1H3,(H,21,22). The highest BCUT2D eigenvalue weighted by molar-refractivity contribution is 5.97. The molecule has 1 heterocycles. The molecule has 1 aliphatic heterocycles. The third-order valence-electron chi connectivity index (χ3n) is 4.59. The molecule has 1 N–H and O–H groups in total. The minimum absolute atomic E-state index is 0.130. The Morgan fingerprint density at radius 1 is 1.26 bits per heavy atom. The Labute approximate surface area is 136 Å². The lowest BCUT2D eigenvalue weighted by Crippen LogP contribution is -2.45. The summed E-state index contributed by atoms with van der Waals surface area (Å²) in [5.74, 6) is -0.0311. The molecule has 1 aromatic rings. The summed E-state index contributed by atoms with van der Waals surface area (Å²) in [5, 5.41) is 9.27. The molecule has 1 saturated carbocycles. The van der Waals surface area contributed by atoms with Crippen LogP contribution in [0.1, 0.15) is 36.5 Å². The van der Waals surface area contributed by atoms with Crippen molar-refractivity contribution < 1.29 is 19.4 Å². The maximum atomic E-state index is 12.8. The van der Waals surface area contributed by atoms with Crippen LogP contribution in [0.25, 0.3) is 0 Å². The topological polar surface area (TPSA) is 66.8 Å². The first-order chi connectivity index (χ1) is 11.0. The van der Waals surface area contributed by atoms with E-state index >= 15 is 0 Å². The Kier molecular flexibility index (Phi) is 4.55. The van der Waals surface area contributed by atoms with E-state index < -0.39 is 11.9 Å². The number of hydrogen-bond acceptors (Lipinski definition) is 3. The molecule has 124 valence electrons. The van der Waals surface area contributed by atoms with E-state index in [-0.39, 0.29) is 18.4 Å². The summed E-state index contributed by atoms with van der Waals surface area (Å²) in [6, 6.07) is 7.26. The Morgan fingerprint density at radius 3 is 2.70 bits per heavy atom.